The van der Waals surface area contributed by atoms with Crippen LogP contribution in [0.1, 0.15) is 28.0 Å². The second kappa shape index (κ2) is 5.47. The largest absolute Gasteiger partial charge is 0.451 e. The maximum atomic E-state index is 12.0. The number of fused-ring (bicyclic) bond motifs is 1. The maximum Gasteiger partial charge on any atom is 0.344 e. The summed E-state index contributed by atoms with van der Waals surface area (Å²) in [5.74, 6) is -0.255. The Labute approximate surface area is 132 Å². The highest BCUT2D eigenvalue weighted by molar-refractivity contribution is 14.1. The first-order valence-electron chi connectivity index (χ1n) is 6.31. The quantitative estimate of drug-likeness (QED) is 0.442. The number of H-pyrrole nitrogens is 1. The summed E-state index contributed by atoms with van der Waals surface area (Å²) in [5, 5.41) is 4.01. The maximum absolute atomic E-state index is 12.0. The fraction of sp³-hybridized carbons (Fsp3) is 0.333. The number of halogens is 1. The minimum Gasteiger partial charge on any atom is -0.451 e. The summed E-state index contributed by atoms with van der Waals surface area (Å²) in [6.07, 6.45) is 3.71. The van der Waals surface area contributed by atoms with E-state index in [9.17, 15) is 9.59 Å². The lowest BCUT2D eigenvalue weighted by Crippen LogP contribution is -2.19. The number of ether oxygens (including phenoxy) is 1. The van der Waals surface area contributed by atoms with Crippen LogP contribution in [0.25, 0.3) is 5.95 Å². The first-order chi connectivity index (χ1) is 10.1. The number of nitrogen functional groups attached to an aromatic ring is 1. The van der Waals surface area contributed by atoms with Gasteiger partial charge in [0.2, 0.25) is 5.95 Å². The van der Waals surface area contributed by atoms with Gasteiger partial charge in [-0.3, -0.25) is 9.78 Å². The number of esters is 1. The van der Waals surface area contributed by atoms with Crippen molar-refractivity contribution in [2.45, 2.75) is 19.3 Å². The molecule has 0 radical (unpaired) electrons. The molecule has 0 amide bonds. The summed E-state index contributed by atoms with van der Waals surface area (Å²) < 4.78 is 6.34. The molecule has 0 saturated heterocycles. The molecule has 9 heteroatoms. The van der Waals surface area contributed by atoms with E-state index in [2.05, 4.69) is 15.1 Å². The van der Waals surface area contributed by atoms with Gasteiger partial charge in [-0.05, 0) is 41.9 Å². The molecular formula is C12H12IN5O3. The zero-order chi connectivity index (χ0) is 15.0. The van der Waals surface area contributed by atoms with Crippen LogP contribution in [0, 0.1) is 0 Å². The van der Waals surface area contributed by atoms with Gasteiger partial charge in [0.1, 0.15) is 16.0 Å². The average Bonchev–Trinajstić information content (AvgIpc) is 3.05. The number of nitrogens with one attached hydrogen (secondary N) is 1. The third-order valence-electron chi connectivity index (χ3n) is 3.34. The predicted octanol–water partition coefficient (Wildman–Crippen LogP) is 0.576. The van der Waals surface area contributed by atoms with E-state index < -0.39 is 5.97 Å². The molecule has 1 aliphatic carbocycles. The van der Waals surface area contributed by atoms with E-state index in [1.165, 1.54) is 10.9 Å². The molecule has 2 aromatic rings. The molecule has 0 unspecified atom stereocenters. The van der Waals surface area contributed by atoms with Crippen molar-refractivity contribution in [3.63, 3.8) is 0 Å². The van der Waals surface area contributed by atoms with E-state index >= 15 is 0 Å². The molecule has 8 nitrogen and oxygen atoms in total. The molecule has 2 aromatic heterocycles. The Morgan fingerprint density at radius 1 is 1.52 bits per heavy atom. The predicted molar refractivity (Wildman–Crippen MR) is 82.7 cm³/mol. The Morgan fingerprint density at radius 3 is 3.10 bits per heavy atom. The van der Waals surface area contributed by atoms with E-state index in [1.807, 2.05) is 22.6 Å². The Balaban J connectivity index is 2.04. The summed E-state index contributed by atoms with van der Waals surface area (Å²) in [6, 6.07) is 0. The highest BCUT2D eigenvalue weighted by atomic mass is 127. The third-order valence-corrected chi connectivity index (χ3v) is 3.65. The topological polar surface area (TPSA) is 116 Å². The molecule has 21 heavy (non-hydrogen) atoms. The Kier molecular flexibility index (Phi) is 3.66. The van der Waals surface area contributed by atoms with Crippen LogP contribution in [0.15, 0.2) is 11.0 Å². The molecule has 1 aliphatic rings. The fourth-order valence-electron chi connectivity index (χ4n) is 2.34. The van der Waals surface area contributed by atoms with Gasteiger partial charge in [-0.2, -0.15) is 9.78 Å². The van der Waals surface area contributed by atoms with E-state index in [0.29, 0.717) is 5.56 Å². The number of aromatic amines is 1. The molecular weight excluding hydrogens is 389 g/mol. The summed E-state index contributed by atoms with van der Waals surface area (Å²) >= 11 is 1.91. The van der Waals surface area contributed by atoms with E-state index in [-0.39, 0.29) is 27.5 Å². The first-order valence-corrected chi connectivity index (χ1v) is 7.83. The van der Waals surface area contributed by atoms with Crippen LogP contribution in [0.5, 0.6) is 0 Å². The summed E-state index contributed by atoms with van der Waals surface area (Å²) in [5.41, 5.74) is 7.34. The normalized spacial score (nSPS) is 13.2. The highest BCUT2D eigenvalue weighted by Crippen LogP contribution is 2.19. The van der Waals surface area contributed by atoms with Gasteiger partial charge >= 0.3 is 5.97 Å². The van der Waals surface area contributed by atoms with Crippen molar-refractivity contribution in [1.29, 1.82) is 0 Å². The smallest absolute Gasteiger partial charge is 0.344 e. The second-order valence-electron chi connectivity index (χ2n) is 4.56. The number of hydrogen-bond acceptors (Lipinski definition) is 6. The average molecular weight is 401 g/mol. The number of aryl methyl sites for hydroxylation is 1. The lowest BCUT2D eigenvalue weighted by molar-refractivity contribution is 0.0591. The van der Waals surface area contributed by atoms with Crippen LogP contribution in [-0.4, -0.2) is 30.3 Å². The molecule has 3 N–H and O–H groups in total. The first kappa shape index (κ1) is 14.0. The van der Waals surface area contributed by atoms with Crippen LogP contribution >= 0.6 is 22.6 Å². The number of rotatable bonds is 3. The standard InChI is InChI=1S/C12H12IN5O3/c13-5-21-11(20)7-4-15-18(9(7)14)12-16-8-3-1-2-6(8)10(19)17-12/h4H,1-3,5,14H2,(H,16,17,19). The Morgan fingerprint density at radius 2 is 2.33 bits per heavy atom. The molecule has 0 fully saturated rings. The Bertz CT molecular complexity index is 767. The van der Waals surface area contributed by atoms with Crippen molar-refractivity contribution in [2.75, 3.05) is 10.3 Å². The van der Waals surface area contributed by atoms with Crippen LogP contribution in [0.2, 0.25) is 0 Å². The number of nitrogens with two attached hydrogens (primary N) is 1. The summed E-state index contributed by atoms with van der Waals surface area (Å²) in [4.78, 5) is 30.7. The molecule has 2 heterocycles. The van der Waals surface area contributed by atoms with Crippen molar-refractivity contribution in [1.82, 2.24) is 19.7 Å². The number of aromatic nitrogens is 4. The lowest BCUT2D eigenvalue weighted by atomic mass is 10.3. The van der Waals surface area contributed by atoms with Crippen molar-refractivity contribution < 1.29 is 9.53 Å². The molecule has 0 spiro atoms. The van der Waals surface area contributed by atoms with E-state index in [4.69, 9.17) is 10.5 Å². The SMILES string of the molecule is Nc1c(C(=O)OCI)cnn1-c1nc2c(c(=O)[nH]1)CCC2. The van der Waals surface area contributed by atoms with Gasteiger partial charge in [0.05, 0.1) is 11.9 Å². The van der Waals surface area contributed by atoms with E-state index in [0.717, 1.165) is 25.0 Å². The number of carbonyl (C=O) groups is 1. The molecule has 0 saturated carbocycles. The van der Waals surface area contributed by atoms with Gasteiger partial charge in [-0.15, -0.1) is 0 Å². The van der Waals surface area contributed by atoms with Crippen molar-refractivity contribution in [2.24, 2.45) is 0 Å². The number of nitrogens with zero attached hydrogens (tertiary/aromatic N) is 3. The minimum atomic E-state index is -0.559. The van der Waals surface area contributed by atoms with Gasteiger partial charge in [-0.1, -0.05) is 0 Å². The van der Waals surface area contributed by atoms with Crippen molar-refractivity contribution >= 4 is 34.4 Å². The highest BCUT2D eigenvalue weighted by Gasteiger charge is 2.21. The summed E-state index contributed by atoms with van der Waals surface area (Å²) in [7, 11) is 0. The van der Waals surface area contributed by atoms with Crippen LogP contribution < -0.4 is 11.3 Å². The Hall–Kier alpha value is -1.91. The minimum absolute atomic E-state index is 0.0888. The number of alkyl halides is 1. The molecule has 110 valence electrons. The fourth-order valence-corrected chi connectivity index (χ4v) is 2.62. The molecule has 0 atom stereocenters. The van der Waals surface area contributed by atoms with Crippen LogP contribution in [0.4, 0.5) is 5.82 Å². The van der Waals surface area contributed by atoms with Gasteiger partial charge in [-0.25, -0.2) is 9.78 Å². The molecule has 0 bridgehead atoms. The van der Waals surface area contributed by atoms with Gasteiger partial charge in [0.15, 0.2) is 0 Å². The zero-order valence-corrected chi connectivity index (χ0v) is 13.1. The third kappa shape index (κ3) is 2.41. The lowest BCUT2D eigenvalue weighted by Gasteiger charge is -2.06. The monoisotopic (exact) mass is 401 g/mol. The van der Waals surface area contributed by atoms with Gasteiger partial charge < -0.3 is 10.5 Å². The van der Waals surface area contributed by atoms with Crippen molar-refractivity contribution in [3.05, 3.63) is 33.4 Å². The molecule has 0 aliphatic heterocycles. The number of anilines is 1. The second-order valence-corrected chi connectivity index (χ2v) is 5.19. The molecule has 0 aromatic carbocycles. The van der Waals surface area contributed by atoms with Crippen molar-refractivity contribution in [3.8, 4) is 5.95 Å². The van der Waals surface area contributed by atoms with E-state index in [1.54, 1.807) is 0 Å². The van der Waals surface area contributed by atoms with Crippen LogP contribution in [-0.2, 0) is 17.6 Å². The van der Waals surface area contributed by atoms with Gasteiger partial charge in [0.25, 0.3) is 5.56 Å². The number of hydrogen-bond donors (Lipinski definition) is 2. The zero-order valence-electron chi connectivity index (χ0n) is 10.9. The number of carbonyl (C=O) groups excluding carboxylic acids is 1. The van der Waals surface area contributed by atoms with Crippen LogP contribution in [0.3, 0.4) is 0 Å². The van der Waals surface area contributed by atoms with Gasteiger partial charge in [0, 0.05) is 5.56 Å². The summed E-state index contributed by atoms with van der Waals surface area (Å²) in [6.45, 7) is 0. The molecule has 3 rings (SSSR count).